The Kier molecular flexibility index (Phi) is 6.75. The molecular formula is C21H28N4O6S. The Morgan fingerprint density at radius 3 is 2.69 bits per heavy atom. The number of ether oxygens (including phenoxy) is 1. The number of nitrogens with one attached hydrogen (secondary N) is 1. The van der Waals surface area contributed by atoms with E-state index in [0.717, 1.165) is 6.42 Å². The monoisotopic (exact) mass is 464 g/mol. The number of rotatable bonds is 8. The lowest BCUT2D eigenvalue weighted by atomic mass is 9.98. The summed E-state index contributed by atoms with van der Waals surface area (Å²) in [5.41, 5.74) is 3.11. The molecule has 0 amide bonds. The first-order valence-electron chi connectivity index (χ1n) is 10.5. The van der Waals surface area contributed by atoms with E-state index in [-0.39, 0.29) is 24.7 Å². The molecular weight excluding hydrogens is 436 g/mol. The number of fused-ring (bicyclic) bond motifs is 1. The molecule has 0 unspecified atom stereocenters. The summed E-state index contributed by atoms with van der Waals surface area (Å²) in [6.45, 7) is -0.274. The molecule has 1 fully saturated rings. The van der Waals surface area contributed by atoms with Crippen molar-refractivity contribution in [3.63, 3.8) is 0 Å². The minimum absolute atomic E-state index is 0.0165. The molecule has 1 saturated carbocycles. The van der Waals surface area contributed by atoms with Gasteiger partial charge in [-0.05, 0) is 29.9 Å². The van der Waals surface area contributed by atoms with Gasteiger partial charge in [-0.1, -0.05) is 24.3 Å². The summed E-state index contributed by atoms with van der Waals surface area (Å²) in [7, 11) is -2.41. The van der Waals surface area contributed by atoms with Crippen LogP contribution in [0.4, 0.5) is 5.82 Å². The van der Waals surface area contributed by atoms with Gasteiger partial charge in [0.25, 0.3) is 0 Å². The van der Waals surface area contributed by atoms with Crippen LogP contribution >= 0.6 is 0 Å². The Hall–Kier alpha value is -2.15. The lowest BCUT2D eigenvalue weighted by molar-refractivity contribution is -0.00332. The summed E-state index contributed by atoms with van der Waals surface area (Å²) in [6, 6.07) is 9.96. The van der Waals surface area contributed by atoms with Crippen LogP contribution in [0.3, 0.4) is 0 Å². The van der Waals surface area contributed by atoms with E-state index in [1.807, 2.05) is 18.2 Å². The summed E-state index contributed by atoms with van der Waals surface area (Å²) in [6.07, 6.45) is 0.921. The van der Waals surface area contributed by atoms with Gasteiger partial charge in [0.2, 0.25) is 0 Å². The zero-order valence-corrected chi connectivity index (χ0v) is 18.5. The van der Waals surface area contributed by atoms with Crippen LogP contribution in [0.5, 0.6) is 0 Å². The number of aliphatic hydroxyl groups excluding tert-OH is 2. The van der Waals surface area contributed by atoms with Crippen LogP contribution in [0.1, 0.15) is 29.3 Å². The average molecular weight is 465 g/mol. The van der Waals surface area contributed by atoms with E-state index >= 15 is 0 Å². The normalized spacial score (nSPS) is 29.8. The third-order valence-electron chi connectivity index (χ3n) is 6.35. The standard InChI is InChI=1S/C21H28N4O6S/c1-30-17-8-12-4-2-3-5-16(12)19(17)25-18-9-15(23-11-24-18)7-13-6-14(21(27)20(13)26)10-31-32(22,28)29/h2-5,9,11,13-14,17,19-21,26-27H,6-8,10H2,1H3,(H2,22,28,29)(H,23,24,25)/t13-,14+,17-,19+,20-,21+/m0/s1. The maximum Gasteiger partial charge on any atom is 0.333 e. The quantitative estimate of drug-likeness (QED) is 0.432. The van der Waals surface area contributed by atoms with Gasteiger partial charge in [-0.15, -0.1) is 0 Å². The van der Waals surface area contributed by atoms with Crippen molar-refractivity contribution in [2.45, 2.75) is 43.6 Å². The fraction of sp³-hybridized carbons (Fsp3) is 0.524. The first-order chi connectivity index (χ1) is 15.2. The highest BCUT2D eigenvalue weighted by atomic mass is 32.2. The summed E-state index contributed by atoms with van der Waals surface area (Å²) in [5, 5.41) is 29.0. The highest BCUT2D eigenvalue weighted by Crippen LogP contribution is 2.36. The zero-order valence-electron chi connectivity index (χ0n) is 17.7. The first-order valence-corrected chi connectivity index (χ1v) is 11.9. The van der Waals surface area contributed by atoms with Gasteiger partial charge in [-0.3, -0.25) is 4.18 Å². The molecule has 1 heterocycles. The maximum atomic E-state index is 11.0. The van der Waals surface area contributed by atoms with Crippen LogP contribution in [0.2, 0.25) is 0 Å². The van der Waals surface area contributed by atoms with Crippen molar-refractivity contribution in [3.05, 3.63) is 53.5 Å². The van der Waals surface area contributed by atoms with Gasteiger partial charge in [-0.2, -0.15) is 8.42 Å². The largest absolute Gasteiger partial charge is 0.390 e. The highest BCUT2D eigenvalue weighted by Gasteiger charge is 2.42. The molecule has 0 bridgehead atoms. The number of aromatic nitrogens is 2. The maximum absolute atomic E-state index is 11.0. The summed E-state index contributed by atoms with van der Waals surface area (Å²) in [4.78, 5) is 8.64. The van der Waals surface area contributed by atoms with Crippen LogP contribution < -0.4 is 10.5 Å². The van der Waals surface area contributed by atoms with Gasteiger partial charge < -0.3 is 20.3 Å². The molecule has 10 nitrogen and oxygen atoms in total. The van der Waals surface area contributed by atoms with Crippen LogP contribution in [0.15, 0.2) is 36.7 Å². The molecule has 1 aromatic carbocycles. The van der Waals surface area contributed by atoms with Gasteiger partial charge in [0.05, 0.1) is 31.0 Å². The molecule has 4 rings (SSSR count). The van der Waals surface area contributed by atoms with E-state index in [0.29, 0.717) is 24.4 Å². The lowest BCUT2D eigenvalue weighted by Crippen LogP contribution is -2.31. The van der Waals surface area contributed by atoms with Crippen molar-refractivity contribution in [1.29, 1.82) is 0 Å². The third-order valence-corrected chi connectivity index (χ3v) is 6.82. The van der Waals surface area contributed by atoms with Crippen LogP contribution in [-0.2, 0) is 32.1 Å². The molecule has 0 radical (unpaired) electrons. The van der Waals surface area contributed by atoms with Gasteiger partial charge in [0.1, 0.15) is 12.1 Å². The smallest absolute Gasteiger partial charge is 0.333 e. The van der Waals surface area contributed by atoms with Crippen LogP contribution in [0.25, 0.3) is 0 Å². The molecule has 0 saturated heterocycles. The fourth-order valence-corrected chi connectivity index (χ4v) is 5.11. The predicted octanol–water partition coefficient (Wildman–Crippen LogP) is 0.321. The van der Waals surface area contributed by atoms with Crippen molar-refractivity contribution >= 4 is 16.1 Å². The van der Waals surface area contributed by atoms with Crippen LogP contribution in [0, 0.1) is 11.8 Å². The Morgan fingerprint density at radius 2 is 1.94 bits per heavy atom. The van der Waals surface area contributed by atoms with Crippen molar-refractivity contribution < 1.29 is 27.6 Å². The van der Waals surface area contributed by atoms with E-state index in [1.54, 1.807) is 7.11 Å². The molecule has 32 heavy (non-hydrogen) atoms. The van der Waals surface area contributed by atoms with Crippen molar-refractivity contribution in [3.8, 4) is 0 Å². The van der Waals surface area contributed by atoms with Gasteiger partial charge in [0.15, 0.2) is 0 Å². The molecule has 11 heteroatoms. The SMILES string of the molecule is CO[C@H]1Cc2ccccc2[C@H]1Nc1cc(C[C@@H]2C[C@H](COS(N)(=O)=O)[C@@H](O)[C@H]2O)ncn1. The molecule has 5 N–H and O–H groups in total. The number of aliphatic hydroxyl groups is 2. The Bertz CT molecular complexity index is 1050. The average Bonchev–Trinajstić information content (AvgIpc) is 3.24. The second-order valence-corrected chi connectivity index (χ2v) is 9.63. The summed E-state index contributed by atoms with van der Waals surface area (Å²) < 4.78 is 32.3. The molecule has 2 aliphatic carbocycles. The molecule has 0 spiro atoms. The van der Waals surface area contributed by atoms with E-state index in [4.69, 9.17) is 9.88 Å². The molecule has 2 aliphatic rings. The first kappa shape index (κ1) is 23.0. The van der Waals surface area contributed by atoms with Gasteiger partial charge in [0, 0.05) is 31.2 Å². The van der Waals surface area contributed by atoms with E-state index in [1.165, 1.54) is 17.5 Å². The van der Waals surface area contributed by atoms with E-state index < -0.39 is 28.4 Å². The number of hydrogen-bond acceptors (Lipinski definition) is 9. The molecule has 2 aromatic rings. The highest BCUT2D eigenvalue weighted by molar-refractivity contribution is 7.84. The number of nitrogens with zero attached hydrogens (tertiary/aromatic N) is 2. The Morgan fingerprint density at radius 1 is 1.19 bits per heavy atom. The molecule has 1 aromatic heterocycles. The Balaban J connectivity index is 1.43. The van der Waals surface area contributed by atoms with Crippen molar-refractivity contribution in [2.75, 3.05) is 19.0 Å². The molecule has 6 atom stereocenters. The third kappa shape index (κ3) is 5.08. The van der Waals surface area contributed by atoms with Crippen LogP contribution in [-0.4, -0.2) is 60.6 Å². The number of anilines is 1. The predicted molar refractivity (Wildman–Crippen MR) is 116 cm³/mol. The number of nitrogens with two attached hydrogens (primary N) is 1. The summed E-state index contributed by atoms with van der Waals surface area (Å²) >= 11 is 0. The number of methoxy groups -OCH3 is 1. The minimum atomic E-state index is -4.11. The van der Waals surface area contributed by atoms with Crippen molar-refractivity contribution in [1.82, 2.24) is 9.97 Å². The van der Waals surface area contributed by atoms with Crippen molar-refractivity contribution in [2.24, 2.45) is 17.0 Å². The minimum Gasteiger partial charge on any atom is -0.390 e. The van der Waals surface area contributed by atoms with Gasteiger partial charge in [-0.25, -0.2) is 15.1 Å². The number of hydrogen-bond donors (Lipinski definition) is 4. The topological polar surface area (TPSA) is 157 Å². The zero-order chi connectivity index (χ0) is 22.9. The van der Waals surface area contributed by atoms with Gasteiger partial charge >= 0.3 is 10.3 Å². The second-order valence-electron chi connectivity index (χ2n) is 8.41. The second kappa shape index (κ2) is 9.38. The summed E-state index contributed by atoms with van der Waals surface area (Å²) in [5.74, 6) is -0.202. The number of benzene rings is 1. The molecule has 174 valence electrons. The fourth-order valence-electron chi connectivity index (χ4n) is 4.74. The Labute approximate surface area is 187 Å². The van der Waals surface area contributed by atoms with E-state index in [9.17, 15) is 18.6 Å². The molecule has 0 aliphatic heterocycles. The lowest BCUT2D eigenvalue weighted by Gasteiger charge is -2.22. The van der Waals surface area contributed by atoms with E-state index in [2.05, 4.69) is 31.6 Å².